The first kappa shape index (κ1) is 18.5. The first-order valence-electron chi connectivity index (χ1n) is 8.64. The quantitative estimate of drug-likeness (QED) is 0.813. The molecule has 4 nitrogen and oxygen atoms in total. The zero-order valence-corrected chi connectivity index (χ0v) is 14.2. The van der Waals surface area contributed by atoms with Gasteiger partial charge in [0.05, 0.1) is 11.8 Å². The lowest BCUT2D eigenvalue weighted by molar-refractivity contribution is -0.188. The van der Waals surface area contributed by atoms with Gasteiger partial charge in [0.2, 0.25) is 0 Å². The number of ether oxygens (including phenoxy) is 1. The van der Waals surface area contributed by atoms with Gasteiger partial charge in [-0.3, -0.25) is 0 Å². The third-order valence-electron chi connectivity index (χ3n) is 4.48. The van der Waals surface area contributed by atoms with Crippen LogP contribution in [0.25, 0.3) is 10.8 Å². The number of carbonyl (C=O) groups is 1. The number of anilines is 1. The van der Waals surface area contributed by atoms with Gasteiger partial charge in [0.15, 0.2) is 0 Å². The van der Waals surface area contributed by atoms with Crippen molar-refractivity contribution in [2.24, 2.45) is 0 Å². The number of urea groups is 1. The largest absolute Gasteiger partial charge is 0.411 e. The van der Waals surface area contributed by atoms with Crippen LogP contribution in [0.15, 0.2) is 42.5 Å². The van der Waals surface area contributed by atoms with Gasteiger partial charge in [-0.05, 0) is 37.1 Å². The minimum atomic E-state index is -4.33. The van der Waals surface area contributed by atoms with Gasteiger partial charge in [0.25, 0.3) is 0 Å². The molecule has 2 amide bonds. The standard InChI is InChI=1S/C19H21F3N2O2/c20-19(21,22)12-26-15-8-4-7-14(11-15)23-18(25)24-17-10-3-6-13-5-1-2-9-16(13)17/h1-3,5-6,9-10,14-15H,4,7-8,11-12H2,(H2,23,24,25). The Kier molecular flexibility index (Phi) is 5.66. The summed E-state index contributed by atoms with van der Waals surface area (Å²) in [5.74, 6) is 0. The smallest absolute Gasteiger partial charge is 0.369 e. The van der Waals surface area contributed by atoms with E-state index in [1.165, 1.54) is 0 Å². The highest BCUT2D eigenvalue weighted by molar-refractivity contribution is 6.01. The van der Waals surface area contributed by atoms with Gasteiger partial charge < -0.3 is 15.4 Å². The number of rotatable bonds is 4. The van der Waals surface area contributed by atoms with Gasteiger partial charge in [-0.2, -0.15) is 13.2 Å². The summed E-state index contributed by atoms with van der Waals surface area (Å²) in [7, 11) is 0. The summed E-state index contributed by atoms with van der Waals surface area (Å²) in [5, 5.41) is 7.63. The normalized spacial score (nSPS) is 20.7. The number of nitrogens with one attached hydrogen (secondary N) is 2. The molecular weight excluding hydrogens is 345 g/mol. The van der Waals surface area contributed by atoms with Gasteiger partial charge >= 0.3 is 12.2 Å². The molecule has 0 aromatic heterocycles. The summed E-state index contributed by atoms with van der Waals surface area (Å²) in [5.41, 5.74) is 0.696. The Morgan fingerprint density at radius 3 is 2.69 bits per heavy atom. The number of hydrogen-bond donors (Lipinski definition) is 2. The van der Waals surface area contributed by atoms with E-state index < -0.39 is 18.9 Å². The van der Waals surface area contributed by atoms with E-state index in [4.69, 9.17) is 4.74 Å². The SMILES string of the molecule is O=C(Nc1cccc2ccccc12)NC1CCCC(OCC(F)(F)F)C1. The fourth-order valence-electron chi connectivity index (χ4n) is 3.32. The van der Waals surface area contributed by atoms with Crippen LogP contribution in [0.1, 0.15) is 25.7 Å². The van der Waals surface area contributed by atoms with Gasteiger partial charge in [-0.15, -0.1) is 0 Å². The average molecular weight is 366 g/mol. The van der Waals surface area contributed by atoms with Crippen LogP contribution in [-0.4, -0.2) is 31.0 Å². The molecule has 0 bridgehead atoms. The van der Waals surface area contributed by atoms with Crippen molar-refractivity contribution in [1.29, 1.82) is 0 Å². The number of benzene rings is 2. The van der Waals surface area contributed by atoms with Crippen molar-refractivity contribution in [3.63, 3.8) is 0 Å². The van der Waals surface area contributed by atoms with Crippen LogP contribution in [0.2, 0.25) is 0 Å². The fraction of sp³-hybridized carbons (Fsp3) is 0.421. The summed E-state index contributed by atoms with van der Waals surface area (Å²) in [4.78, 5) is 12.3. The lowest BCUT2D eigenvalue weighted by Gasteiger charge is -2.30. The van der Waals surface area contributed by atoms with Crippen molar-refractivity contribution in [2.75, 3.05) is 11.9 Å². The maximum absolute atomic E-state index is 12.3. The van der Waals surface area contributed by atoms with Crippen LogP contribution in [-0.2, 0) is 4.74 Å². The monoisotopic (exact) mass is 366 g/mol. The second-order valence-corrected chi connectivity index (χ2v) is 6.54. The molecule has 2 aromatic rings. The van der Waals surface area contributed by atoms with E-state index >= 15 is 0 Å². The van der Waals surface area contributed by atoms with Crippen LogP contribution < -0.4 is 10.6 Å². The number of halogens is 3. The molecule has 2 N–H and O–H groups in total. The predicted octanol–water partition coefficient (Wildman–Crippen LogP) is 4.85. The molecule has 0 aliphatic heterocycles. The molecule has 0 heterocycles. The van der Waals surface area contributed by atoms with Gasteiger partial charge in [-0.1, -0.05) is 36.4 Å². The summed E-state index contributed by atoms with van der Waals surface area (Å²) >= 11 is 0. The average Bonchev–Trinajstić information content (AvgIpc) is 2.60. The maximum atomic E-state index is 12.3. The fourth-order valence-corrected chi connectivity index (χ4v) is 3.32. The summed E-state index contributed by atoms with van der Waals surface area (Å²) in [6.07, 6.45) is -2.38. The van der Waals surface area contributed by atoms with Gasteiger partial charge in [-0.25, -0.2) is 4.79 Å². The van der Waals surface area contributed by atoms with Crippen molar-refractivity contribution in [3.05, 3.63) is 42.5 Å². The minimum absolute atomic E-state index is 0.197. The van der Waals surface area contributed by atoms with Crippen LogP contribution in [0.4, 0.5) is 23.7 Å². The molecular formula is C19H21F3N2O2. The van der Waals surface area contributed by atoms with Crippen molar-refractivity contribution < 1.29 is 22.7 Å². The van der Waals surface area contributed by atoms with E-state index in [0.29, 0.717) is 18.5 Å². The van der Waals surface area contributed by atoms with Crippen molar-refractivity contribution in [1.82, 2.24) is 5.32 Å². The van der Waals surface area contributed by atoms with Crippen LogP contribution in [0, 0.1) is 0 Å². The second kappa shape index (κ2) is 7.95. The lowest BCUT2D eigenvalue weighted by Crippen LogP contribution is -2.43. The van der Waals surface area contributed by atoms with Gasteiger partial charge in [0.1, 0.15) is 6.61 Å². The van der Waals surface area contributed by atoms with Crippen molar-refractivity contribution in [3.8, 4) is 0 Å². The molecule has 1 aliphatic carbocycles. The van der Waals surface area contributed by atoms with E-state index in [0.717, 1.165) is 23.6 Å². The lowest BCUT2D eigenvalue weighted by atomic mass is 9.93. The highest BCUT2D eigenvalue weighted by Crippen LogP contribution is 2.25. The molecule has 3 rings (SSSR count). The molecule has 1 fully saturated rings. The molecule has 1 aliphatic rings. The number of carbonyl (C=O) groups excluding carboxylic acids is 1. The highest BCUT2D eigenvalue weighted by atomic mass is 19.4. The Balaban J connectivity index is 1.56. The van der Waals surface area contributed by atoms with E-state index in [-0.39, 0.29) is 12.1 Å². The van der Waals surface area contributed by atoms with Crippen molar-refractivity contribution >= 4 is 22.5 Å². The zero-order chi connectivity index (χ0) is 18.6. The first-order valence-corrected chi connectivity index (χ1v) is 8.64. The maximum Gasteiger partial charge on any atom is 0.411 e. The third-order valence-corrected chi connectivity index (χ3v) is 4.48. The molecule has 2 aromatic carbocycles. The van der Waals surface area contributed by atoms with Crippen LogP contribution in [0.5, 0.6) is 0 Å². The summed E-state index contributed by atoms with van der Waals surface area (Å²) in [6, 6.07) is 12.8. The van der Waals surface area contributed by atoms with E-state index in [9.17, 15) is 18.0 Å². The number of alkyl halides is 3. The Morgan fingerprint density at radius 2 is 1.88 bits per heavy atom. The zero-order valence-electron chi connectivity index (χ0n) is 14.2. The van der Waals surface area contributed by atoms with E-state index in [1.807, 2.05) is 42.5 Å². The van der Waals surface area contributed by atoms with Gasteiger partial charge in [0, 0.05) is 11.4 Å². The predicted molar refractivity (Wildman–Crippen MR) is 94.2 cm³/mol. The number of amides is 2. The molecule has 0 saturated heterocycles. The number of hydrogen-bond acceptors (Lipinski definition) is 2. The van der Waals surface area contributed by atoms with Crippen molar-refractivity contribution in [2.45, 2.75) is 44.0 Å². The number of fused-ring (bicyclic) bond motifs is 1. The Labute approximate surface area is 149 Å². The molecule has 2 atom stereocenters. The first-order chi connectivity index (χ1) is 12.4. The highest BCUT2D eigenvalue weighted by Gasteiger charge is 2.31. The molecule has 26 heavy (non-hydrogen) atoms. The van der Waals surface area contributed by atoms with E-state index in [1.54, 1.807) is 0 Å². The molecule has 7 heteroatoms. The topological polar surface area (TPSA) is 50.4 Å². The summed E-state index contributed by atoms with van der Waals surface area (Å²) < 4.78 is 41.8. The molecule has 0 spiro atoms. The Morgan fingerprint density at radius 1 is 1.12 bits per heavy atom. The molecule has 0 radical (unpaired) electrons. The minimum Gasteiger partial charge on any atom is -0.369 e. The van der Waals surface area contributed by atoms with Crippen LogP contribution in [0.3, 0.4) is 0 Å². The second-order valence-electron chi connectivity index (χ2n) is 6.54. The Bertz CT molecular complexity index is 759. The molecule has 1 saturated carbocycles. The molecule has 140 valence electrons. The third kappa shape index (κ3) is 5.11. The Hall–Kier alpha value is -2.28. The van der Waals surface area contributed by atoms with E-state index in [2.05, 4.69) is 10.6 Å². The van der Waals surface area contributed by atoms with Crippen LogP contribution >= 0.6 is 0 Å². The molecule has 2 unspecified atom stereocenters. The summed E-state index contributed by atoms with van der Waals surface area (Å²) in [6.45, 7) is -1.24.